The van der Waals surface area contributed by atoms with Crippen molar-refractivity contribution < 1.29 is 0 Å². The number of hydrogen-bond acceptors (Lipinski definition) is 0. The van der Waals surface area contributed by atoms with Crippen LogP contribution in [0, 0.1) is 27.7 Å². The van der Waals surface area contributed by atoms with Gasteiger partial charge in [-0.25, -0.2) is 0 Å². The molecule has 1 atom stereocenters. The lowest BCUT2D eigenvalue weighted by Crippen LogP contribution is -2.11. The lowest BCUT2D eigenvalue weighted by Gasteiger charge is -2.27. The van der Waals surface area contributed by atoms with Gasteiger partial charge in [0.1, 0.15) is 0 Å². The van der Waals surface area contributed by atoms with E-state index in [1.165, 1.54) is 72.4 Å². The van der Waals surface area contributed by atoms with Gasteiger partial charge in [-0.05, 0) is 137 Å². The second-order valence-electron chi connectivity index (χ2n) is 8.73. The number of fused-ring (bicyclic) bond motifs is 1. The Bertz CT molecular complexity index is 910. The quantitative estimate of drug-likeness (QED) is 0.437. The molecule has 0 fully saturated rings. The lowest BCUT2D eigenvalue weighted by molar-refractivity contribution is 0.837. The third-order valence-electron chi connectivity index (χ3n) is 7.66. The van der Waals surface area contributed by atoms with Crippen LogP contribution in [0.1, 0.15) is 87.8 Å². The van der Waals surface area contributed by atoms with E-state index in [9.17, 15) is 0 Å². The molecule has 0 heteroatoms. The highest BCUT2D eigenvalue weighted by molar-refractivity contribution is 5.58. The van der Waals surface area contributed by atoms with Crippen LogP contribution in [-0.4, -0.2) is 0 Å². The molecule has 0 saturated heterocycles. The van der Waals surface area contributed by atoms with Gasteiger partial charge in [0.25, 0.3) is 0 Å². The Balaban J connectivity index is 3.01. The van der Waals surface area contributed by atoms with Crippen LogP contribution in [-0.2, 0) is 6.42 Å². The largest absolute Gasteiger partial charge is 0.0912 e. The van der Waals surface area contributed by atoms with Crippen molar-refractivity contribution in [1.29, 1.82) is 0 Å². The molecule has 0 saturated carbocycles. The van der Waals surface area contributed by atoms with Crippen LogP contribution in [0.2, 0.25) is 0 Å². The highest BCUT2D eigenvalue weighted by Gasteiger charge is 2.23. The Kier molecular flexibility index (Phi) is 6.10. The van der Waals surface area contributed by atoms with Gasteiger partial charge in [-0.3, -0.25) is 0 Å². The second-order valence-corrected chi connectivity index (χ2v) is 8.73. The molecule has 0 nitrogen and oxygen atoms in total. The molecule has 1 aromatic carbocycles. The molecule has 27 heavy (non-hydrogen) atoms. The summed E-state index contributed by atoms with van der Waals surface area (Å²) in [7, 11) is 0. The van der Waals surface area contributed by atoms with E-state index in [0.29, 0.717) is 5.92 Å². The van der Waals surface area contributed by atoms with Crippen molar-refractivity contribution in [2.24, 2.45) is 0 Å². The van der Waals surface area contributed by atoms with Crippen molar-refractivity contribution in [2.75, 3.05) is 0 Å². The van der Waals surface area contributed by atoms with E-state index in [2.05, 4.69) is 82.7 Å². The standard InChI is InChI=1S/C27H38/c1-14-13-26-23(10)20(7)22(9)25(12)27(26)24(11)21(8)19(6)18(5)17(4)16(3)15(14)2/h24H,3,13H2,1-2,4-12H3/b15-14-,18-17-,21-19-. The summed E-state index contributed by atoms with van der Waals surface area (Å²) in [6.07, 6.45) is 1.01. The zero-order valence-electron chi connectivity index (χ0n) is 19.5. The Hall–Kier alpha value is -1.82. The van der Waals surface area contributed by atoms with E-state index in [0.717, 1.165) is 6.42 Å². The Morgan fingerprint density at radius 1 is 0.630 bits per heavy atom. The van der Waals surface area contributed by atoms with Crippen LogP contribution in [0.5, 0.6) is 0 Å². The molecule has 0 aromatic heterocycles. The predicted octanol–water partition coefficient (Wildman–Crippen LogP) is 8.15. The van der Waals surface area contributed by atoms with E-state index in [-0.39, 0.29) is 0 Å². The Morgan fingerprint density at radius 2 is 1.15 bits per heavy atom. The van der Waals surface area contributed by atoms with E-state index >= 15 is 0 Å². The van der Waals surface area contributed by atoms with Gasteiger partial charge in [0.2, 0.25) is 0 Å². The van der Waals surface area contributed by atoms with Gasteiger partial charge in [0.15, 0.2) is 0 Å². The maximum atomic E-state index is 4.45. The van der Waals surface area contributed by atoms with Gasteiger partial charge in [-0.2, -0.15) is 0 Å². The summed E-state index contributed by atoms with van der Waals surface area (Å²) in [5.74, 6) is 0.417. The molecular formula is C27H38. The normalized spacial score (nSPS) is 27.5. The maximum absolute atomic E-state index is 4.45. The third kappa shape index (κ3) is 3.51. The highest BCUT2D eigenvalue weighted by Crippen LogP contribution is 2.40. The number of allylic oxidation sites excluding steroid dienone is 7. The van der Waals surface area contributed by atoms with Crippen LogP contribution < -0.4 is 0 Å². The predicted molar refractivity (Wildman–Crippen MR) is 122 cm³/mol. The molecular weight excluding hydrogens is 324 g/mol. The van der Waals surface area contributed by atoms with Crippen LogP contribution in [0.4, 0.5) is 0 Å². The molecule has 0 bridgehead atoms. The van der Waals surface area contributed by atoms with Gasteiger partial charge in [0, 0.05) is 5.92 Å². The fourth-order valence-electron chi connectivity index (χ4n) is 4.51. The zero-order valence-corrected chi connectivity index (χ0v) is 19.5. The van der Waals surface area contributed by atoms with E-state index in [4.69, 9.17) is 0 Å². The second kappa shape index (κ2) is 7.66. The average molecular weight is 363 g/mol. The number of hydrogen-bond donors (Lipinski definition) is 0. The van der Waals surface area contributed by atoms with Crippen LogP contribution in [0.3, 0.4) is 0 Å². The maximum Gasteiger partial charge on any atom is 0.00285 e. The van der Waals surface area contributed by atoms with Crippen molar-refractivity contribution in [3.8, 4) is 0 Å². The van der Waals surface area contributed by atoms with E-state index in [1.54, 1.807) is 0 Å². The summed E-state index contributed by atoms with van der Waals surface area (Å²) < 4.78 is 0. The summed E-state index contributed by atoms with van der Waals surface area (Å²) >= 11 is 0. The topological polar surface area (TPSA) is 0 Å². The van der Waals surface area contributed by atoms with E-state index < -0.39 is 0 Å². The first-order chi connectivity index (χ1) is 12.4. The van der Waals surface area contributed by atoms with Crippen molar-refractivity contribution in [3.63, 3.8) is 0 Å². The third-order valence-corrected chi connectivity index (χ3v) is 7.66. The first-order valence-corrected chi connectivity index (χ1v) is 10.2. The summed E-state index contributed by atoms with van der Waals surface area (Å²) in [6, 6.07) is 0. The first kappa shape index (κ1) is 21.5. The molecule has 0 heterocycles. The van der Waals surface area contributed by atoms with Crippen molar-refractivity contribution >= 4 is 0 Å². The van der Waals surface area contributed by atoms with Crippen LogP contribution in [0.25, 0.3) is 0 Å². The molecule has 2 rings (SSSR count). The number of rotatable bonds is 0. The average Bonchev–Trinajstić information content (AvgIpc) is 2.66. The molecule has 0 amide bonds. The first-order valence-electron chi connectivity index (χ1n) is 10.2. The summed E-state index contributed by atoms with van der Waals surface area (Å²) in [4.78, 5) is 0. The molecule has 0 N–H and O–H groups in total. The fourth-order valence-corrected chi connectivity index (χ4v) is 4.51. The molecule has 146 valence electrons. The smallest absolute Gasteiger partial charge is 0.00285 e. The minimum Gasteiger partial charge on any atom is -0.0912 e. The molecule has 0 radical (unpaired) electrons. The summed E-state index contributed by atoms with van der Waals surface area (Å²) in [5.41, 5.74) is 18.4. The molecule has 1 aromatic rings. The van der Waals surface area contributed by atoms with Gasteiger partial charge in [0.05, 0.1) is 0 Å². The van der Waals surface area contributed by atoms with Crippen LogP contribution >= 0.6 is 0 Å². The van der Waals surface area contributed by atoms with Gasteiger partial charge in [-0.15, -0.1) is 0 Å². The molecule has 1 aliphatic carbocycles. The van der Waals surface area contributed by atoms with Crippen molar-refractivity contribution in [2.45, 2.75) is 88.5 Å². The summed E-state index contributed by atoms with van der Waals surface area (Å²) in [6.45, 7) is 29.6. The fraction of sp³-hybridized carbons (Fsp3) is 0.481. The Morgan fingerprint density at radius 3 is 1.70 bits per heavy atom. The monoisotopic (exact) mass is 362 g/mol. The number of benzene rings is 1. The summed E-state index contributed by atoms with van der Waals surface area (Å²) in [5, 5.41) is 0. The van der Waals surface area contributed by atoms with Crippen molar-refractivity contribution in [1.82, 2.24) is 0 Å². The van der Waals surface area contributed by atoms with Gasteiger partial charge < -0.3 is 0 Å². The highest BCUT2D eigenvalue weighted by atomic mass is 14.3. The minimum atomic E-state index is 0.417. The zero-order chi connectivity index (χ0) is 20.8. The minimum absolute atomic E-state index is 0.417. The van der Waals surface area contributed by atoms with Crippen LogP contribution in [0.15, 0.2) is 45.6 Å². The molecule has 1 aliphatic rings. The van der Waals surface area contributed by atoms with Crippen molar-refractivity contribution in [3.05, 3.63) is 79.0 Å². The molecule has 0 aliphatic heterocycles. The molecule has 0 spiro atoms. The van der Waals surface area contributed by atoms with Gasteiger partial charge in [-0.1, -0.05) is 24.6 Å². The van der Waals surface area contributed by atoms with Gasteiger partial charge >= 0.3 is 0 Å². The van der Waals surface area contributed by atoms with E-state index in [1.807, 2.05) is 0 Å². The molecule has 1 unspecified atom stereocenters. The SMILES string of the molecule is C=C1/C(C)=C(/C)Cc2c(C)c(C)c(C)c(C)c2C(C)/C(C)=C(C)\C(C)=C/1C. The Labute approximate surface area is 167 Å². The lowest BCUT2D eigenvalue weighted by atomic mass is 9.78.